The molecule has 0 aromatic heterocycles. The van der Waals surface area contributed by atoms with E-state index >= 15 is 0 Å². The molecule has 0 radical (unpaired) electrons. The standard InChI is InChI=1S/C30H23ClN2O3/c1-20(34)22-11-13-24(14-12-22)23-9-7-21(8-10-23)18-30(36,26-5-3-2-4-6-26)29(35)33-27-16-15-25(19-32)28(31)17-27/h2-17,36H,18H2,1H3,(H,33,35). The second-order valence-electron chi connectivity index (χ2n) is 8.49. The lowest BCUT2D eigenvalue weighted by atomic mass is 9.85. The molecule has 5 nitrogen and oxygen atoms in total. The number of benzene rings is 4. The first kappa shape index (κ1) is 24.9. The van der Waals surface area contributed by atoms with Crippen molar-refractivity contribution in [1.29, 1.82) is 5.26 Å². The summed E-state index contributed by atoms with van der Waals surface area (Å²) >= 11 is 6.11. The van der Waals surface area contributed by atoms with E-state index in [1.807, 2.05) is 48.5 Å². The van der Waals surface area contributed by atoms with Crippen LogP contribution in [0.1, 0.15) is 34.0 Å². The molecule has 1 atom stereocenters. The molecule has 0 heterocycles. The Hall–Kier alpha value is -4.24. The first-order valence-electron chi connectivity index (χ1n) is 11.3. The van der Waals surface area contributed by atoms with Crippen LogP contribution in [0.3, 0.4) is 0 Å². The van der Waals surface area contributed by atoms with Crippen LogP contribution in [0.25, 0.3) is 11.1 Å². The summed E-state index contributed by atoms with van der Waals surface area (Å²) in [6.07, 6.45) is 0.0381. The summed E-state index contributed by atoms with van der Waals surface area (Å²) in [5.74, 6) is -0.600. The smallest absolute Gasteiger partial charge is 0.261 e. The van der Waals surface area contributed by atoms with E-state index in [4.69, 9.17) is 16.9 Å². The van der Waals surface area contributed by atoms with Gasteiger partial charge in [0.05, 0.1) is 10.6 Å². The summed E-state index contributed by atoms with van der Waals surface area (Å²) in [7, 11) is 0. The molecule has 178 valence electrons. The number of anilines is 1. The van der Waals surface area contributed by atoms with Gasteiger partial charge in [0, 0.05) is 17.7 Å². The van der Waals surface area contributed by atoms with Crippen LogP contribution in [0.2, 0.25) is 5.02 Å². The zero-order valence-corrected chi connectivity index (χ0v) is 20.3. The highest BCUT2D eigenvalue weighted by Crippen LogP contribution is 2.30. The van der Waals surface area contributed by atoms with Crippen LogP contribution >= 0.6 is 11.6 Å². The molecular formula is C30H23ClN2O3. The van der Waals surface area contributed by atoms with Crippen molar-refractivity contribution in [1.82, 2.24) is 0 Å². The fourth-order valence-corrected chi connectivity index (χ4v) is 4.18. The number of hydrogen-bond acceptors (Lipinski definition) is 4. The minimum atomic E-state index is -1.85. The molecule has 0 saturated carbocycles. The molecule has 1 unspecified atom stereocenters. The summed E-state index contributed by atoms with van der Waals surface area (Å²) in [5.41, 5.74) is 2.59. The summed E-state index contributed by atoms with van der Waals surface area (Å²) in [4.78, 5) is 24.9. The number of aliphatic hydroxyl groups is 1. The number of rotatable bonds is 7. The zero-order chi connectivity index (χ0) is 25.7. The van der Waals surface area contributed by atoms with Gasteiger partial charge in [0.15, 0.2) is 11.4 Å². The molecule has 2 N–H and O–H groups in total. The monoisotopic (exact) mass is 494 g/mol. The Morgan fingerprint density at radius 1 is 0.917 bits per heavy atom. The van der Waals surface area contributed by atoms with Crippen molar-refractivity contribution in [2.45, 2.75) is 18.9 Å². The van der Waals surface area contributed by atoms with Gasteiger partial charge >= 0.3 is 0 Å². The maximum Gasteiger partial charge on any atom is 0.261 e. The highest BCUT2D eigenvalue weighted by molar-refractivity contribution is 6.32. The average molecular weight is 495 g/mol. The fraction of sp³-hybridized carbons (Fsp3) is 0.100. The van der Waals surface area contributed by atoms with Crippen LogP contribution in [0.4, 0.5) is 5.69 Å². The van der Waals surface area contributed by atoms with E-state index in [0.717, 1.165) is 16.7 Å². The normalized spacial score (nSPS) is 12.3. The summed E-state index contributed by atoms with van der Waals surface area (Å²) in [6, 6.07) is 30.2. The third kappa shape index (κ3) is 5.36. The van der Waals surface area contributed by atoms with Crippen molar-refractivity contribution >= 4 is 29.0 Å². The summed E-state index contributed by atoms with van der Waals surface area (Å²) < 4.78 is 0. The van der Waals surface area contributed by atoms with Crippen molar-refractivity contribution < 1.29 is 14.7 Å². The predicted octanol–water partition coefficient (Wildman–Crippen LogP) is 6.15. The third-order valence-electron chi connectivity index (χ3n) is 6.01. The van der Waals surface area contributed by atoms with Gasteiger partial charge in [-0.25, -0.2) is 0 Å². The number of hydrogen-bond donors (Lipinski definition) is 2. The first-order valence-corrected chi connectivity index (χ1v) is 11.7. The second kappa shape index (κ2) is 10.6. The lowest BCUT2D eigenvalue weighted by Gasteiger charge is -2.28. The van der Waals surface area contributed by atoms with Crippen LogP contribution < -0.4 is 5.32 Å². The molecule has 0 saturated heterocycles. The summed E-state index contributed by atoms with van der Waals surface area (Å²) in [5, 5.41) is 23.7. The lowest BCUT2D eigenvalue weighted by Crippen LogP contribution is -2.42. The minimum absolute atomic E-state index is 0.0126. The highest BCUT2D eigenvalue weighted by atomic mass is 35.5. The van der Waals surface area contributed by atoms with Gasteiger partial charge in [0.25, 0.3) is 5.91 Å². The van der Waals surface area contributed by atoms with Crippen LogP contribution in [0, 0.1) is 11.3 Å². The van der Waals surface area contributed by atoms with Gasteiger partial charge in [0.1, 0.15) is 6.07 Å². The van der Waals surface area contributed by atoms with Gasteiger partial charge in [-0.1, -0.05) is 90.5 Å². The van der Waals surface area contributed by atoms with Crippen LogP contribution in [0.5, 0.6) is 0 Å². The highest BCUT2D eigenvalue weighted by Gasteiger charge is 2.38. The number of carbonyl (C=O) groups is 2. The molecule has 36 heavy (non-hydrogen) atoms. The van der Waals surface area contributed by atoms with Gasteiger partial charge in [-0.05, 0) is 47.4 Å². The van der Waals surface area contributed by atoms with E-state index in [9.17, 15) is 14.7 Å². The largest absolute Gasteiger partial charge is 0.375 e. The van der Waals surface area contributed by atoms with E-state index in [1.165, 1.54) is 19.1 Å². The Kier molecular flexibility index (Phi) is 7.30. The molecule has 4 rings (SSSR count). The topological polar surface area (TPSA) is 90.2 Å². The molecule has 4 aromatic rings. The van der Waals surface area contributed by atoms with Gasteiger partial charge < -0.3 is 10.4 Å². The quantitative estimate of drug-likeness (QED) is 0.301. The van der Waals surface area contributed by atoms with Crippen molar-refractivity contribution in [2.75, 3.05) is 5.32 Å². The molecule has 4 aromatic carbocycles. The lowest BCUT2D eigenvalue weighted by molar-refractivity contribution is -0.135. The number of nitriles is 1. The van der Waals surface area contributed by atoms with E-state index in [0.29, 0.717) is 22.4 Å². The summed E-state index contributed by atoms with van der Waals surface area (Å²) in [6.45, 7) is 1.53. The number of halogens is 1. The van der Waals surface area contributed by atoms with Gasteiger partial charge in [-0.2, -0.15) is 5.26 Å². The van der Waals surface area contributed by atoms with Gasteiger partial charge in [-0.3, -0.25) is 9.59 Å². The molecule has 6 heteroatoms. The third-order valence-corrected chi connectivity index (χ3v) is 6.33. The molecule has 0 fully saturated rings. The van der Waals surface area contributed by atoms with Gasteiger partial charge in [-0.15, -0.1) is 0 Å². The predicted molar refractivity (Wildman–Crippen MR) is 141 cm³/mol. The van der Waals surface area contributed by atoms with Crippen molar-refractivity contribution in [3.8, 4) is 17.2 Å². The molecular weight excluding hydrogens is 472 g/mol. The van der Waals surface area contributed by atoms with E-state index in [1.54, 1.807) is 42.5 Å². The van der Waals surface area contributed by atoms with E-state index in [2.05, 4.69) is 5.32 Å². The van der Waals surface area contributed by atoms with Gasteiger partial charge in [0.2, 0.25) is 0 Å². The maximum atomic E-state index is 13.4. The Morgan fingerprint density at radius 3 is 2.08 bits per heavy atom. The Morgan fingerprint density at radius 2 is 1.53 bits per heavy atom. The number of nitrogens with one attached hydrogen (secondary N) is 1. The Balaban J connectivity index is 1.60. The molecule has 0 aliphatic carbocycles. The number of nitrogens with zero attached hydrogens (tertiary/aromatic N) is 1. The maximum absolute atomic E-state index is 13.4. The van der Waals surface area contributed by atoms with Crippen molar-refractivity contribution in [3.63, 3.8) is 0 Å². The van der Waals surface area contributed by atoms with E-state index in [-0.39, 0.29) is 17.2 Å². The zero-order valence-electron chi connectivity index (χ0n) is 19.5. The van der Waals surface area contributed by atoms with Crippen LogP contribution in [-0.2, 0) is 16.8 Å². The van der Waals surface area contributed by atoms with Crippen LogP contribution in [-0.4, -0.2) is 16.8 Å². The first-order chi connectivity index (χ1) is 17.3. The van der Waals surface area contributed by atoms with Crippen molar-refractivity contribution in [3.05, 3.63) is 124 Å². The minimum Gasteiger partial charge on any atom is -0.375 e. The van der Waals surface area contributed by atoms with Crippen LogP contribution in [0.15, 0.2) is 97.1 Å². The average Bonchev–Trinajstić information content (AvgIpc) is 2.89. The molecule has 0 bridgehead atoms. The molecule has 1 amide bonds. The molecule has 0 aliphatic rings. The SMILES string of the molecule is CC(=O)c1ccc(-c2ccc(CC(O)(C(=O)Nc3ccc(C#N)c(Cl)c3)c3ccccc3)cc2)cc1. The molecule has 0 aliphatic heterocycles. The molecule has 0 spiro atoms. The Labute approximate surface area is 214 Å². The Bertz CT molecular complexity index is 1440. The number of carbonyl (C=O) groups excluding carboxylic acids is 2. The number of amides is 1. The second-order valence-corrected chi connectivity index (χ2v) is 8.90. The van der Waals surface area contributed by atoms with Crippen molar-refractivity contribution in [2.24, 2.45) is 0 Å². The van der Waals surface area contributed by atoms with E-state index < -0.39 is 11.5 Å². The number of ketones is 1. The fourth-order valence-electron chi connectivity index (χ4n) is 3.95. The number of Topliss-reactive ketones (excluding diaryl/α,β-unsaturated/α-hetero) is 1.